The topological polar surface area (TPSA) is 82.9 Å². The van der Waals surface area contributed by atoms with Crippen LogP contribution in [0.1, 0.15) is 64.3 Å². The van der Waals surface area contributed by atoms with Gasteiger partial charge in [-0.15, -0.1) is 0 Å². The van der Waals surface area contributed by atoms with Crippen LogP contribution < -0.4 is 9.64 Å². The second-order valence-corrected chi connectivity index (χ2v) is 12.1. The molecule has 0 saturated carbocycles. The number of aliphatic hydroxyl groups is 1. The first-order chi connectivity index (χ1) is 18.3. The first-order valence-electron chi connectivity index (χ1n) is 13.8. The number of rotatable bonds is 8. The van der Waals surface area contributed by atoms with Gasteiger partial charge >= 0.3 is 5.97 Å². The molecule has 2 heterocycles. The van der Waals surface area contributed by atoms with Gasteiger partial charge in [-0.2, -0.15) is 0 Å². The number of anilines is 1. The molecule has 0 spiro atoms. The smallest absolute Gasteiger partial charge is 0.307 e. The summed E-state index contributed by atoms with van der Waals surface area (Å²) in [6.45, 7) is 14.2. The summed E-state index contributed by atoms with van der Waals surface area (Å²) in [5, 5.41) is 18.1. The number of nitrogens with zero attached hydrogens (tertiary/aromatic N) is 2. The summed E-state index contributed by atoms with van der Waals surface area (Å²) in [5.41, 5.74) is 5.68. The fourth-order valence-corrected chi connectivity index (χ4v) is 4.57. The van der Waals surface area contributed by atoms with E-state index in [1.54, 1.807) is 20.8 Å². The summed E-state index contributed by atoms with van der Waals surface area (Å²) in [5.74, 6) is -0.00501. The van der Waals surface area contributed by atoms with E-state index in [9.17, 15) is 9.90 Å². The van der Waals surface area contributed by atoms with E-state index in [4.69, 9.17) is 9.84 Å². The van der Waals surface area contributed by atoms with Gasteiger partial charge in [-0.1, -0.05) is 56.3 Å². The van der Waals surface area contributed by atoms with Crippen molar-refractivity contribution in [2.45, 2.75) is 72.8 Å². The number of ether oxygens (including phenoxy) is 1. The van der Waals surface area contributed by atoms with Crippen molar-refractivity contribution in [3.8, 4) is 16.9 Å². The van der Waals surface area contributed by atoms with Crippen molar-refractivity contribution < 1.29 is 19.7 Å². The van der Waals surface area contributed by atoms with Gasteiger partial charge in [0.05, 0.1) is 24.3 Å². The first-order valence-corrected chi connectivity index (χ1v) is 13.8. The Morgan fingerprint density at radius 3 is 2.18 bits per heavy atom. The maximum absolute atomic E-state index is 11.7. The van der Waals surface area contributed by atoms with Crippen molar-refractivity contribution in [2.24, 2.45) is 5.41 Å². The van der Waals surface area contributed by atoms with Crippen LogP contribution in [0.2, 0.25) is 0 Å². The molecule has 6 nitrogen and oxygen atoms in total. The van der Waals surface area contributed by atoms with E-state index in [0.29, 0.717) is 12.0 Å². The summed E-state index contributed by atoms with van der Waals surface area (Å²) in [6, 6.07) is 18.4. The summed E-state index contributed by atoms with van der Waals surface area (Å²) in [4.78, 5) is 18.6. The van der Waals surface area contributed by atoms with E-state index in [2.05, 4.69) is 35.9 Å². The fraction of sp³-hybridized carbons (Fsp3) is 0.455. The molecule has 6 heteroatoms. The van der Waals surface area contributed by atoms with Crippen molar-refractivity contribution in [1.82, 2.24) is 4.98 Å². The van der Waals surface area contributed by atoms with Gasteiger partial charge in [0.15, 0.2) is 0 Å². The molecule has 210 valence electrons. The van der Waals surface area contributed by atoms with Crippen LogP contribution in [0.15, 0.2) is 60.8 Å². The number of hydrogen-bond acceptors (Lipinski definition) is 5. The Morgan fingerprint density at radius 2 is 1.62 bits per heavy atom. The number of aromatic nitrogens is 1. The van der Waals surface area contributed by atoms with Gasteiger partial charge in [0.1, 0.15) is 5.75 Å². The zero-order valence-electron chi connectivity index (χ0n) is 24.3. The molecule has 4 rings (SSSR count). The summed E-state index contributed by atoms with van der Waals surface area (Å²) < 4.78 is 5.96. The number of carboxylic acids is 1. The molecule has 3 aromatic rings. The molecule has 0 atom stereocenters. The molecule has 39 heavy (non-hydrogen) atoms. The maximum Gasteiger partial charge on any atom is 0.307 e. The Labute approximate surface area is 233 Å². The predicted molar refractivity (Wildman–Crippen MR) is 159 cm³/mol. The molecule has 1 fully saturated rings. The minimum Gasteiger partial charge on any atom is -0.493 e. The lowest BCUT2D eigenvalue weighted by molar-refractivity contribution is -0.136. The minimum atomic E-state index is -0.831. The Balaban J connectivity index is 0.000000771. The zero-order valence-corrected chi connectivity index (χ0v) is 24.3. The second-order valence-electron chi connectivity index (χ2n) is 12.1. The van der Waals surface area contributed by atoms with Crippen molar-refractivity contribution in [1.29, 1.82) is 0 Å². The van der Waals surface area contributed by atoms with E-state index in [-0.39, 0.29) is 6.42 Å². The molecular weight excluding hydrogens is 488 g/mol. The largest absolute Gasteiger partial charge is 0.493 e. The van der Waals surface area contributed by atoms with Crippen molar-refractivity contribution >= 4 is 11.7 Å². The molecule has 0 aliphatic carbocycles. The monoisotopic (exact) mass is 532 g/mol. The average molecular weight is 533 g/mol. The van der Waals surface area contributed by atoms with Crippen LogP contribution in [0.25, 0.3) is 11.1 Å². The van der Waals surface area contributed by atoms with E-state index in [0.717, 1.165) is 66.2 Å². The minimum absolute atomic E-state index is 0.0252. The number of carbonyl (C=O) groups is 1. The SMILES string of the molecule is CC(C)(C)O.Cc1ncc(-c2ccc(OCCc3ccccc3)cc2)c(N2CCC(C)(C)CC2)c1CC(=O)O. The Bertz CT molecular complexity index is 1200. The number of aliphatic carboxylic acids is 1. The molecular formula is C33H44N2O4. The van der Waals surface area contributed by atoms with Crippen molar-refractivity contribution in [3.05, 3.63) is 77.6 Å². The van der Waals surface area contributed by atoms with Gasteiger partial charge in [0, 0.05) is 42.5 Å². The van der Waals surface area contributed by atoms with Gasteiger partial charge in [0.2, 0.25) is 0 Å². The Kier molecular flexibility index (Phi) is 10.1. The molecule has 1 aliphatic rings. The number of pyridine rings is 1. The second kappa shape index (κ2) is 13.1. The maximum atomic E-state index is 11.7. The first kappa shape index (κ1) is 30.2. The molecule has 0 radical (unpaired) electrons. The van der Waals surface area contributed by atoms with E-state index >= 15 is 0 Å². The third-order valence-electron chi connectivity index (χ3n) is 6.79. The summed E-state index contributed by atoms with van der Waals surface area (Å²) in [6.07, 6.45) is 4.88. The van der Waals surface area contributed by atoms with Crippen molar-refractivity contribution in [2.75, 3.05) is 24.6 Å². The number of carboxylic acid groups (broad SMARTS) is 1. The zero-order chi connectivity index (χ0) is 28.6. The van der Waals surface area contributed by atoms with E-state index in [1.807, 2.05) is 55.6 Å². The molecule has 0 bridgehead atoms. The van der Waals surface area contributed by atoms with Crippen LogP contribution in [0.3, 0.4) is 0 Å². The standard InChI is InChI=1S/C29H34N2O3.C4H10O/c1-21-25(19-27(32)33)28(31-16-14-29(2,3)15-17-31)26(20-30-21)23-9-11-24(12-10-23)34-18-13-22-7-5-4-6-8-22;1-4(2,3)5/h4-12,20H,13-19H2,1-3H3,(H,32,33);5H,1-3H3. The van der Waals surface area contributed by atoms with Gasteiger partial charge in [-0.05, 0) is 69.2 Å². The van der Waals surface area contributed by atoms with Crippen LogP contribution >= 0.6 is 0 Å². The van der Waals surface area contributed by atoms with Crippen LogP contribution in [0.4, 0.5) is 5.69 Å². The lowest BCUT2D eigenvalue weighted by Crippen LogP contribution is -2.38. The highest BCUT2D eigenvalue weighted by atomic mass is 16.5. The number of hydrogen-bond donors (Lipinski definition) is 2. The van der Waals surface area contributed by atoms with Crippen molar-refractivity contribution in [3.63, 3.8) is 0 Å². The third-order valence-corrected chi connectivity index (χ3v) is 6.79. The van der Waals surface area contributed by atoms with Crippen LogP contribution in [-0.4, -0.2) is 46.5 Å². The molecule has 1 aromatic heterocycles. The van der Waals surface area contributed by atoms with Gasteiger partial charge < -0.3 is 19.8 Å². The molecule has 2 aromatic carbocycles. The van der Waals surface area contributed by atoms with Crippen LogP contribution in [0, 0.1) is 12.3 Å². The Hall–Kier alpha value is -3.38. The number of aryl methyl sites for hydroxylation is 1. The van der Waals surface area contributed by atoms with Gasteiger partial charge in [-0.3, -0.25) is 9.78 Å². The molecule has 2 N–H and O–H groups in total. The summed E-state index contributed by atoms with van der Waals surface area (Å²) >= 11 is 0. The van der Waals surface area contributed by atoms with Gasteiger partial charge in [-0.25, -0.2) is 0 Å². The number of benzene rings is 2. The molecule has 0 amide bonds. The summed E-state index contributed by atoms with van der Waals surface area (Å²) in [7, 11) is 0. The van der Waals surface area contributed by atoms with Crippen LogP contribution in [-0.2, 0) is 17.6 Å². The molecule has 1 aliphatic heterocycles. The normalized spacial score (nSPS) is 14.8. The lowest BCUT2D eigenvalue weighted by atomic mass is 9.82. The number of piperidine rings is 1. The Morgan fingerprint density at radius 1 is 1.03 bits per heavy atom. The quantitative estimate of drug-likeness (QED) is 0.336. The third kappa shape index (κ3) is 9.70. The highest BCUT2D eigenvalue weighted by molar-refractivity contribution is 5.84. The highest BCUT2D eigenvalue weighted by Gasteiger charge is 2.29. The van der Waals surface area contributed by atoms with Gasteiger partial charge in [0.25, 0.3) is 0 Å². The van der Waals surface area contributed by atoms with E-state index < -0.39 is 11.6 Å². The molecule has 0 unspecified atom stereocenters. The average Bonchev–Trinajstić information content (AvgIpc) is 2.85. The van der Waals surface area contributed by atoms with E-state index in [1.165, 1.54) is 5.56 Å². The lowest BCUT2D eigenvalue weighted by Gasteiger charge is -2.40. The fourth-order valence-electron chi connectivity index (χ4n) is 4.57. The van der Waals surface area contributed by atoms with Crippen LogP contribution in [0.5, 0.6) is 5.75 Å². The predicted octanol–water partition coefficient (Wildman–Crippen LogP) is 6.71. The molecule has 1 saturated heterocycles. The highest BCUT2D eigenvalue weighted by Crippen LogP contribution is 2.40.